The van der Waals surface area contributed by atoms with E-state index in [9.17, 15) is 15.0 Å². The molecule has 1 aromatic heterocycles. The molecule has 4 aromatic rings. The molecule has 5 rings (SSSR count). The van der Waals surface area contributed by atoms with Crippen LogP contribution in [-0.2, 0) is 24.0 Å². The second kappa shape index (κ2) is 13.4. The molecule has 3 aromatic carbocycles. The van der Waals surface area contributed by atoms with Crippen molar-refractivity contribution in [2.24, 2.45) is 5.92 Å². The SMILES string of the molecule is O=C(OCC1CCCN(CCCc2ccccc2)C1)c1ccccc1-n1c(O)cc(CCc2ccccc2)c1O. The third kappa shape index (κ3) is 6.93. The number of hydrogen-bond donors (Lipinski definition) is 2. The Labute approximate surface area is 236 Å². The van der Waals surface area contributed by atoms with Crippen molar-refractivity contribution >= 4 is 5.97 Å². The van der Waals surface area contributed by atoms with Crippen LogP contribution in [0.5, 0.6) is 11.8 Å². The molecule has 0 spiro atoms. The number of hydrogen-bond acceptors (Lipinski definition) is 5. The molecule has 0 amide bonds. The Balaban J connectivity index is 1.19. The molecule has 0 radical (unpaired) electrons. The Morgan fingerprint density at radius 3 is 2.27 bits per heavy atom. The number of aromatic nitrogens is 1. The van der Waals surface area contributed by atoms with Gasteiger partial charge < -0.3 is 19.8 Å². The van der Waals surface area contributed by atoms with Gasteiger partial charge in [0, 0.05) is 24.1 Å². The second-order valence-electron chi connectivity index (χ2n) is 10.7. The lowest BCUT2D eigenvalue weighted by atomic mass is 9.98. The highest BCUT2D eigenvalue weighted by molar-refractivity contribution is 5.93. The average Bonchev–Trinajstić information content (AvgIpc) is 3.28. The van der Waals surface area contributed by atoms with Crippen molar-refractivity contribution in [1.82, 2.24) is 9.47 Å². The number of nitrogens with zero attached hydrogens (tertiary/aromatic N) is 2. The number of likely N-dealkylation sites (tertiary alicyclic amines) is 1. The zero-order valence-electron chi connectivity index (χ0n) is 22.9. The number of esters is 1. The Kier molecular flexibility index (Phi) is 9.19. The molecular formula is C34H38N2O4. The Morgan fingerprint density at radius 2 is 1.52 bits per heavy atom. The standard InChI is InChI=1S/C34H38N2O4/c37-32-23-29(20-19-27-13-5-2-6-14-27)33(38)36(32)31-18-8-7-17-30(31)34(39)40-25-28-16-10-22-35(24-28)21-9-15-26-11-3-1-4-12-26/h1-8,11-14,17-18,23,28,37-38H,9-10,15-16,19-22,24-25H2. The molecule has 0 saturated carbocycles. The van der Waals surface area contributed by atoms with Gasteiger partial charge in [-0.25, -0.2) is 4.79 Å². The molecule has 2 N–H and O–H groups in total. The van der Waals surface area contributed by atoms with Gasteiger partial charge in [0.25, 0.3) is 0 Å². The summed E-state index contributed by atoms with van der Waals surface area (Å²) < 4.78 is 7.13. The highest BCUT2D eigenvalue weighted by atomic mass is 16.5. The van der Waals surface area contributed by atoms with E-state index in [0.717, 1.165) is 57.3 Å². The first-order valence-electron chi connectivity index (χ1n) is 14.3. The van der Waals surface area contributed by atoms with Gasteiger partial charge in [-0.2, -0.15) is 0 Å². The van der Waals surface area contributed by atoms with E-state index < -0.39 is 5.97 Å². The number of rotatable bonds is 11. The average molecular weight is 539 g/mol. The number of aromatic hydroxyl groups is 2. The first-order valence-corrected chi connectivity index (χ1v) is 14.3. The van der Waals surface area contributed by atoms with Gasteiger partial charge in [-0.1, -0.05) is 72.8 Å². The van der Waals surface area contributed by atoms with Crippen LogP contribution in [0.4, 0.5) is 0 Å². The number of carbonyl (C=O) groups excluding carboxylic acids is 1. The minimum atomic E-state index is -0.449. The van der Waals surface area contributed by atoms with E-state index in [1.54, 1.807) is 30.3 Å². The van der Waals surface area contributed by atoms with E-state index in [1.165, 1.54) is 10.1 Å². The minimum Gasteiger partial charge on any atom is -0.494 e. The molecule has 208 valence electrons. The van der Waals surface area contributed by atoms with Crippen molar-refractivity contribution in [2.75, 3.05) is 26.2 Å². The summed E-state index contributed by atoms with van der Waals surface area (Å²) in [5.74, 6) is -0.332. The Hall–Kier alpha value is -4.03. The smallest absolute Gasteiger partial charge is 0.340 e. The van der Waals surface area contributed by atoms with Crippen molar-refractivity contribution < 1.29 is 19.7 Å². The first-order chi connectivity index (χ1) is 19.6. The fourth-order valence-electron chi connectivity index (χ4n) is 5.64. The summed E-state index contributed by atoms with van der Waals surface area (Å²) in [4.78, 5) is 15.7. The third-order valence-electron chi connectivity index (χ3n) is 7.76. The van der Waals surface area contributed by atoms with Crippen molar-refractivity contribution in [1.29, 1.82) is 0 Å². The summed E-state index contributed by atoms with van der Waals surface area (Å²) in [5, 5.41) is 21.7. The molecule has 1 unspecified atom stereocenters. The highest BCUT2D eigenvalue weighted by Crippen LogP contribution is 2.34. The lowest BCUT2D eigenvalue weighted by molar-refractivity contribution is 0.0353. The van der Waals surface area contributed by atoms with Gasteiger partial charge in [0.1, 0.15) is 0 Å². The third-order valence-corrected chi connectivity index (χ3v) is 7.76. The molecule has 0 bridgehead atoms. The molecule has 6 heteroatoms. The molecule has 0 aliphatic carbocycles. The van der Waals surface area contributed by atoms with Crippen LogP contribution in [0, 0.1) is 5.92 Å². The minimum absolute atomic E-state index is 0.0629. The number of aryl methyl sites for hydroxylation is 3. The quantitative estimate of drug-likeness (QED) is 0.223. The van der Waals surface area contributed by atoms with E-state index in [-0.39, 0.29) is 11.8 Å². The molecule has 6 nitrogen and oxygen atoms in total. The van der Waals surface area contributed by atoms with Crippen molar-refractivity contribution in [3.63, 3.8) is 0 Å². The van der Waals surface area contributed by atoms with Crippen LogP contribution >= 0.6 is 0 Å². The van der Waals surface area contributed by atoms with Crippen LogP contribution in [0.15, 0.2) is 91.0 Å². The Bertz CT molecular complexity index is 1380. The van der Waals surface area contributed by atoms with Gasteiger partial charge in [0.2, 0.25) is 5.88 Å². The summed E-state index contributed by atoms with van der Waals surface area (Å²) in [6.07, 6.45) is 5.61. The number of para-hydroxylation sites is 1. The predicted molar refractivity (Wildman–Crippen MR) is 157 cm³/mol. The van der Waals surface area contributed by atoms with Crippen LogP contribution in [0.3, 0.4) is 0 Å². The van der Waals surface area contributed by atoms with Gasteiger partial charge >= 0.3 is 5.97 Å². The number of piperidine rings is 1. The maximum absolute atomic E-state index is 13.2. The van der Waals surface area contributed by atoms with E-state index >= 15 is 0 Å². The predicted octanol–water partition coefficient (Wildman–Crippen LogP) is 6.18. The monoisotopic (exact) mass is 538 g/mol. The van der Waals surface area contributed by atoms with E-state index in [4.69, 9.17) is 4.74 Å². The fourth-order valence-corrected chi connectivity index (χ4v) is 5.64. The second-order valence-corrected chi connectivity index (χ2v) is 10.7. The maximum Gasteiger partial charge on any atom is 0.340 e. The molecule has 40 heavy (non-hydrogen) atoms. The number of carbonyl (C=O) groups is 1. The van der Waals surface area contributed by atoms with Gasteiger partial charge in [0.15, 0.2) is 5.88 Å². The molecule has 2 heterocycles. The lowest BCUT2D eigenvalue weighted by Crippen LogP contribution is -2.38. The maximum atomic E-state index is 13.2. The molecule has 1 saturated heterocycles. The zero-order chi connectivity index (χ0) is 27.7. The van der Waals surface area contributed by atoms with E-state index in [2.05, 4.69) is 29.2 Å². The largest absolute Gasteiger partial charge is 0.494 e. The summed E-state index contributed by atoms with van der Waals surface area (Å²) in [7, 11) is 0. The van der Waals surface area contributed by atoms with Crippen molar-refractivity contribution in [2.45, 2.75) is 38.5 Å². The van der Waals surface area contributed by atoms with Crippen molar-refractivity contribution in [3.8, 4) is 17.4 Å². The number of benzene rings is 3. The van der Waals surface area contributed by atoms with Crippen molar-refractivity contribution in [3.05, 3.63) is 113 Å². The van der Waals surface area contributed by atoms with Crippen LogP contribution in [0.2, 0.25) is 0 Å². The highest BCUT2D eigenvalue weighted by Gasteiger charge is 2.24. The van der Waals surface area contributed by atoms with Gasteiger partial charge in [-0.3, -0.25) is 4.57 Å². The van der Waals surface area contributed by atoms with Gasteiger partial charge in [-0.15, -0.1) is 0 Å². The topological polar surface area (TPSA) is 74.9 Å². The normalized spacial score (nSPS) is 15.7. The van der Waals surface area contributed by atoms with E-state index in [1.807, 2.05) is 36.4 Å². The molecule has 1 aliphatic heterocycles. The fraction of sp³-hybridized carbons (Fsp3) is 0.324. The molecule has 1 atom stereocenters. The first kappa shape index (κ1) is 27.5. The summed E-state index contributed by atoms with van der Waals surface area (Å²) in [5.41, 5.74) is 3.86. The van der Waals surface area contributed by atoms with Crippen LogP contribution < -0.4 is 0 Å². The lowest BCUT2D eigenvalue weighted by Gasteiger charge is -2.32. The zero-order valence-corrected chi connectivity index (χ0v) is 22.9. The van der Waals surface area contributed by atoms with Gasteiger partial charge in [-0.05, 0) is 74.9 Å². The van der Waals surface area contributed by atoms with E-state index in [0.29, 0.717) is 35.8 Å². The van der Waals surface area contributed by atoms with Crippen LogP contribution in [0.25, 0.3) is 5.69 Å². The summed E-state index contributed by atoms with van der Waals surface area (Å²) >= 11 is 0. The van der Waals surface area contributed by atoms with Crippen LogP contribution in [-0.4, -0.2) is 51.9 Å². The number of ether oxygens (including phenoxy) is 1. The van der Waals surface area contributed by atoms with Gasteiger partial charge in [0.05, 0.1) is 17.9 Å². The summed E-state index contributed by atoms with van der Waals surface area (Å²) in [6.45, 7) is 3.41. The molecule has 1 aliphatic rings. The molecular weight excluding hydrogens is 500 g/mol. The van der Waals surface area contributed by atoms with Crippen LogP contribution in [0.1, 0.15) is 46.3 Å². The Morgan fingerprint density at radius 1 is 0.850 bits per heavy atom. The summed E-state index contributed by atoms with van der Waals surface area (Å²) in [6, 6.07) is 29.1. The molecule has 1 fully saturated rings.